The van der Waals surface area contributed by atoms with E-state index in [2.05, 4.69) is 10.3 Å². The van der Waals surface area contributed by atoms with Gasteiger partial charge in [-0.05, 0) is 42.7 Å². The van der Waals surface area contributed by atoms with Crippen molar-refractivity contribution in [1.29, 1.82) is 0 Å². The third-order valence-corrected chi connectivity index (χ3v) is 4.44. The van der Waals surface area contributed by atoms with Gasteiger partial charge in [0.2, 0.25) is 5.91 Å². The number of amides is 1. The summed E-state index contributed by atoms with van der Waals surface area (Å²) in [5.41, 5.74) is 4.50. The lowest BCUT2D eigenvalue weighted by molar-refractivity contribution is -0.120. The van der Waals surface area contributed by atoms with E-state index in [9.17, 15) is 4.79 Å². The van der Waals surface area contributed by atoms with Crippen LogP contribution in [0.2, 0.25) is 5.02 Å². The first-order chi connectivity index (χ1) is 11.1. The molecule has 0 aliphatic heterocycles. The number of halogens is 1. The summed E-state index contributed by atoms with van der Waals surface area (Å²) >= 11 is 6.31. The first-order valence-corrected chi connectivity index (χ1v) is 7.75. The van der Waals surface area contributed by atoms with Crippen molar-refractivity contribution in [3.05, 3.63) is 64.1 Å². The van der Waals surface area contributed by atoms with Crippen LogP contribution in [-0.4, -0.2) is 10.9 Å². The molecule has 4 nitrogen and oxygen atoms in total. The molecule has 2 heterocycles. The summed E-state index contributed by atoms with van der Waals surface area (Å²) in [5.74, 6) is -0.0624. The van der Waals surface area contributed by atoms with Crippen molar-refractivity contribution in [3.8, 4) is 0 Å². The highest BCUT2D eigenvalue weighted by molar-refractivity contribution is 6.33. The molecule has 0 radical (unpaired) electrons. The predicted molar refractivity (Wildman–Crippen MR) is 90.5 cm³/mol. The molecule has 0 spiro atoms. The van der Waals surface area contributed by atoms with E-state index in [1.165, 1.54) is 0 Å². The monoisotopic (exact) mass is 328 g/mol. The second-order valence-corrected chi connectivity index (χ2v) is 5.96. The normalized spacial score (nSPS) is 10.9. The van der Waals surface area contributed by atoms with Gasteiger partial charge in [-0.15, -0.1) is 0 Å². The molecule has 23 heavy (non-hydrogen) atoms. The molecule has 118 valence electrons. The van der Waals surface area contributed by atoms with Crippen molar-refractivity contribution in [2.24, 2.45) is 0 Å². The van der Waals surface area contributed by atoms with Gasteiger partial charge in [0.15, 0.2) is 0 Å². The molecule has 1 aromatic carbocycles. The highest BCUT2D eigenvalue weighted by atomic mass is 35.5. The SMILES string of the molecule is Cc1cc2occ(CC(=O)NCc3cccnc3)c2c(C)c1Cl. The number of nitrogens with one attached hydrogen (secondary N) is 1. The molecule has 0 aliphatic carbocycles. The zero-order valence-corrected chi connectivity index (χ0v) is 13.8. The summed E-state index contributed by atoms with van der Waals surface area (Å²) in [4.78, 5) is 16.2. The third-order valence-electron chi connectivity index (χ3n) is 3.86. The first kappa shape index (κ1) is 15.6. The van der Waals surface area contributed by atoms with Gasteiger partial charge in [0.05, 0.1) is 12.7 Å². The quantitative estimate of drug-likeness (QED) is 0.788. The fourth-order valence-corrected chi connectivity index (χ4v) is 2.83. The topological polar surface area (TPSA) is 55.1 Å². The smallest absolute Gasteiger partial charge is 0.224 e. The zero-order chi connectivity index (χ0) is 16.4. The molecule has 1 N–H and O–H groups in total. The Balaban J connectivity index is 1.76. The van der Waals surface area contributed by atoms with Crippen molar-refractivity contribution >= 4 is 28.5 Å². The van der Waals surface area contributed by atoms with Gasteiger partial charge < -0.3 is 9.73 Å². The number of furan rings is 1. The molecule has 1 amide bonds. The molecular weight excluding hydrogens is 312 g/mol. The van der Waals surface area contributed by atoms with Crippen LogP contribution >= 0.6 is 11.6 Å². The number of nitrogens with zero attached hydrogens (tertiary/aromatic N) is 1. The average Bonchev–Trinajstić information content (AvgIpc) is 2.94. The van der Waals surface area contributed by atoms with Gasteiger partial charge >= 0.3 is 0 Å². The Morgan fingerprint density at radius 3 is 2.96 bits per heavy atom. The van der Waals surface area contributed by atoms with E-state index >= 15 is 0 Å². The van der Waals surface area contributed by atoms with Crippen LogP contribution in [-0.2, 0) is 17.8 Å². The predicted octanol–water partition coefficient (Wildman–Crippen LogP) is 3.96. The van der Waals surface area contributed by atoms with Gasteiger partial charge in [-0.25, -0.2) is 0 Å². The molecule has 2 aromatic heterocycles. The van der Waals surface area contributed by atoms with Crippen LogP contribution in [0, 0.1) is 13.8 Å². The van der Waals surface area contributed by atoms with E-state index in [1.807, 2.05) is 32.0 Å². The number of aryl methyl sites for hydroxylation is 2. The zero-order valence-electron chi connectivity index (χ0n) is 13.0. The number of pyridine rings is 1. The Morgan fingerprint density at radius 2 is 2.22 bits per heavy atom. The van der Waals surface area contributed by atoms with Gasteiger partial charge in [-0.3, -0.25) is 9.78 Å². The number of fused-ring (bicyclic) bond motifs is 1. The number of hydrogen-bond acceptors (Lipinski definition) is 3. The molecule has 3 rings (SSSR count). The molecule has 0 bridgehead atoms. The summed E-state index contributed by atoms with van der Waals surface area (Å²) < 4.78 is 5.58. The summed E-state index contributed by atoms with van der Waals surface area (Å²) in [6.07, 6.45) is 5.34. The fourth-order valence-electron chi connectivity index (χ4n) is 2.68. The standard InChI is InChI=1S/C18H17ClN2O2/c1-11-6-15-17(12(2)18(11)19)14(10-23-15)7-16(22)21-9-13-4-3-5-20-8-13/h3-6,8,10H,7,9H2,1-2H3,(H,21,22). The van der Waals surface area contributed by atoms with E-state index < -0.39 is 0 Å². The number of rotatable bonds is 4. The molecule has 0 saturated carbocycles. The van der Waals surface area contributed by atoms with Gasteiger partial charge in [-0.1, -0.05) is 17.7 Å². The fraction of sp³-hybridized carbons (Fsp3) is 0.222. The number of carbonyl (C=O) groups is 1. The van der Waals surface area contributed by atoms with Crippen LogP contribution in [0.5, 0.6) is 0 Å². The highest BCUT2D eigenvalue weighted by Crippen LogP contribution is 2.32. The van der Waals surface area contributed by atoms with Crippen molar-refractivity contribution in [2.75, 3.05) is 0 Å². The molecule has 3 aromatic rings. The Labute approximate surface area is 139 Å². The van der Waals surface area contributed by atoms with Crippen LogP contribution in [0.3, 0.4) is 0 Å². The largest absolute Gasteiger partial charge is 0.464 e. The second kappa shape index (κ2) is 6.42. The molecule has 0 atom stereocenters. The van der Waals surface area contributed by atoms with Gasteiger partial charge in [0.1, 0.15) is 5.58 Å². The van der Waals surface area contributed by atoms with Crippen molar-refractivity contribution < 1.29 is 9.21 Å². The number of hydrogen-bond donors (Lipinski definition) is 1. The van der Waals surface area contributed by atoms with Crippen LogP contribution in [0.1, 0.15) is 22.3 Å². The van der Waals surface area contributed by atoms with E-state index in [4.69, 9.17) is 16.0 Å². The van der Waals surface area contributed by atoms with Crippen molar-refractivity contribution in [2.45, 2.75) is 26.8 Å². The number of aromatic nitrogens is 1. The minimum atomic E-state index is -0.0624. The van der Waals surface area contributed by atoms with Crippen LogP contribution in [0.4, 0.5) is 0 Å². The second-order valence-electron chi connectivity index (χ2n) is 5.58. The van der Waals surface area contributed by atoms with Crippen molar-refractivity contribution in [1.82, 2.24) is 10.3 Å². The molecular formula is C18H17ClN2O2. The third kappa shape index (κ3) is 3.22. The summed E-state index contributed by atoms with van der Waals surface area (Å²) in [6.45, 7) is 4.35. The average molecular weight is 329 g/mol. The molecule has 0 aliphatic rings. The van der Waals surface area contributed by atoms with Crippen LogP contribution in [0.25, 0.3) is 11.0 Å². The Morgan fingerprint density at radius 1 is 1.39 bits per heavy atom. The molecule has 0 saturated heterocycles. The van der Waals surface area contributed by atoms with E-state index in [0.717, 1.165) is 38.2 Å². The lowest BCUT2D eigenvalue weighted by Gasteiger charge is -2.07. The van der Waals surface area contributed by atoms with Gasteiger partial charge in [-0.2, -0.15) is 0 Å². The Kier molecular flexibility index (Phi) is 4.35. The molecule has 5 heteroatoms. The minimum absolute atomic E-state index is 0.0624. The lowest BCUT2D eigenvalue weighted by atomic mass is 10.0. The van der Waals surface area contributed by atoms with Crippen LogP contribution in [0.15, 0.2) is 41.3 Å². The maximum Gasteiger partial charge on any atom is 0.224 e. The maximum atomic E-state index is 12.2. The maximum absolute atomic E-state index is 12.2. The summed E-state index contributed by atoms with van der Waals surface area (Å²) in [7, 11) is 0. The molecule has 0 unspecified atom stereocenters. The van der Waals surface area contributed by atoms with E-state index in [-0.39, 0.29) is 12.3 Å². The van der Waals surface area contributed by atoms with E-state index in [0.29, 0.717) is 6.54 Å². The van der Waals surface area contributed by atoms with Gasteiger partial charge in [0, 0.05) is 34.9 Å². The minimum Gasteiger partial charge on any atom is -0.464 e. The lowest BCUT2D eigenvalue weighted by Crippen LogP contribution is -2.24. The van der Waals surface area contributed by atoms with Gasteiger partial charge in [0.25, 0.3) is 0 Å². The Bertz CT molecular complexity index is 856. The highest BCUT2D eigenvalue weighted by Gasteiger charge is 2.15. The van der Waals surface area contributed by atoms with E-state index in [1.54, 1.807) is 18.7 Å². The summed E-state index contributed by atoms with van der Waals surface area (Å²) in [6, 6.07) is 5.67. The first-order valence-electron chi connectivity index (χ1n) is 7.37. The number of benzene rings is 1. The van der Waals surface area contributed by atoms with Crippen LogP contribution < -0.4 is 5.32 Å². The summed E-state index contributed by atoms with van der Waals surface area (Å²) in [5, 5.41) is 4.54. The Hall–Kier alpha value is -2.33. The van der Waals surface area contributed by atoms with Crippen molar-refractivity contribution in [3.63, 3.8) is 0 Å². The number of carbonyl (C=O) groups excluding carboxylic acids is 1. The molecule has 0 fully saturated rings.